The summed E-state index contributed by atoms with van der Waals surface area (Å²) in [5, 5.41) is 8.11. The van der Waals surface area contributed by atoms with Gasteiger partial charge in [0.05, 0.1) is 18.2 Å². The van der Waals surface area contributed by atoms with Crippen molar-refractivity contribution in [1.82, 2.24) is 15.0 Å². The van der Waals surface area contributed by atoms with Crippen LogP contribution in [0.15, 0.2) is 0 Å². The first-order valence-corrected chi connectivity index (χ1v) is 5.68. The van der Waals surface area contributed by atoms with Crippen molar-refractivity contribution in [2.24, 2.45) is 5.92 Å². The van der Waals surface area contributed by atoms with E-state index in [1.165, 1.54) is 0 Å². The molecule has 0 aliphatic carbocycles. The molecule has 0 saturated heterocycles. The van der Waals surface area contributed by atoms with Gasteiger partial charge in [-0.3, -0.25) is 0 Å². The van der Waals surface area contributed by atoms with E-state index in [4.69, 9.17) is 16.3 Å². The van der Waals surface area contributed by atoms with Crippen LogP contribution in [-0.2, 0) is 23.8 Å². The molecule has 1 aromatic rings. The molecular weight excluding hydrogens is 214 g/mol. The van der Waals surface area contributed by atoms with E-state index in [2.05, 4.69) is 24.2 Å². The maximum absolute atomic E-state index is 5.77. The molecule has 0 bridgehead atoms. The lowest BCUT2D eigenvalue weighted by Crippen LogP contribution is -2.09. The third kappa shape index (κ3) is 3.47. The van der Waals surface area contributed by atoms with Gasteiger partial charge in [-0.15, -0.1) is 16.7 Å². The lowest BCUT2D eigenvalue weighted by atomic mass is 10.1. The lowest BCUT2D eigenvalue weighted by Gasteiger charge is -2.08. The predicted octanol–water partition coefficient (Wildman–Crippen LogP) is 2.21. The summed E-state index contributed by atoms with van der Waals surface area (Å²) in [4.78, 5) is 0. The van der Waals surface area contributed by atoms with Gasteiger partial charge in [0.25, 0.3) is 0 Å². The smallest absolute Gasteiger partial charge is 0.103 e. The fourth-order valence-electron chi connectivity index (χ4n) is 1.33. The fraction of sp³-hybridized carbons (Fsp3) is 0.800. The normalized spacial score (nSPS) is 11.3. The number of hydrogen-bond donors (Lipinski definition) is 0. The van der Waals surface area contributed by atoms with Gasteiger partial charge in [-0.25, -0.2) is 4.68 Å². The molecule has 4 nitrogen and oxygen atoms in total. The third-order valence-corrected chi connectivity index (χ3v) is 2.50. The molecule has 0 N–H and O–H groups in total. The molecule has 0 aliphatic rings. The molecule has 0 atom stereocenters. The average molecular weight is 232 g/mol. The van der Waals surface area contributed by atoms with Gasteiger partial charge in [0.1, 0.15) is 5.69 Å². The van der Waals surface area contributed by atoms with Crippen LogP contribution in [0.2, 0.25) is 0 Å². The van der Waals surface area contributed by atoms with Crippen LogP contribution in [0.3, 0.4) is 0 Å². The molecule has 0 amide bonds. The van der Waals surface area contributed by atoms with E-state index in [0.29, 0.717) is 18.4 Å². The van der Waals surface area contributed by atoms with Crippen molar-refractivity contribution in [2.75, 3.05) is 7.11 Å². The average Bonchev–Trinajstić information content (AvgIpc) is 2.58. The standard InChI is InChI=1S/C10H18ClN3O/c1-8(2)4-5-14-10(7-15-3)9(6-11)12-13-14/h8H,4-7H2,1-3H3. The number of aromatic nitrogens is 3. The van der Waals surface area contributed by atoms with Gasteiger partial charge in [0, 0.05) is 13.7 Å². The molecule has 0 aliphatic heterocycles. The zero-order chi connectivity index (χ0) is 11.3. The highest BCUT2D eigenvalue weighted by atomic mass is 35.5. The van der Waals surface area contributed by atoms with Crippen molar-refractivity contribution in [1.29, 1.82) is 0 Å². The minimum Gasteiger partial charge on any atom is -0.378 e. The van der Waals surface area contributed by atoms with Crippen LogP contribution >= 0.6 is 11.6 Å². The summed E-state index contributed by atoms with van der Waals surface area (Å²) in [5.41, 5.74) is 1.82. The summed E-state index contributed by atoms with van der Waals surface area (Å²) >= 11 is 5.77. The molecule has 5 heteroatoms. The van der Waals surface area contributed by atoms with E-state index >= 15 is 0 Å². The molecule has 0 unspecified atom stereocenters. The maximum Gasteiger partial charge on any atom is 0.103 e. The van der Waals surface area contributed by atoms with Crippen LogP contribution in [0.1, 0.15) is 31.7 Å². The Balaban J connectivity index is 2.72. The number of nitrogens with zero attached hydrogens (tertiary/aromatic N) is 3. The van der Waals surface area contributed by atoms with Crippen LogP contribution in [0.5, 0.6) is 0 Å². The first-order valence-electron chi connectivity index (χ1n) is 5.15. The highest BCUT2D eigenvalue weighted by Gasteiger charge is 2.11. The Kier molecular flexibility index (Phi) is 5.05. The SMILES string of the molecule is COCc1c(CCl)nnn1CCC(C)C. The van der Waals surface area contributed by atoms with Crippen molar-refractivity contribution in [3.63, 3.8) is 0 Å². The summed E-state index contributed by atoms with van der Waals surface area (Å²) in [7, 11) is 1.66. The Bertz CT molecular complexity index is 299. The number of halogens is 1. The van der Waals surface area contributed by atoms with Crippen LogP contribution in [-0.4, -0.2) is 22.1 Å². The molecule has 0 spiro atoms. The molecule has 0 aromatic carbocycles. The Labute approximate surface area is 95.6 Å². The topological polar surface area (TPSA) is 39.9 Å². The molecule has 1 aromatic heterocycles. The number of aryl methyl sites for hydroxylation is 1. The van der Waals surface area contributed by atoms with Crippen molar-refractivity contribution in [3.8, 4) is 0 Å². The van der Waals surface area contributed by atoms with Gasteiger partial charge < -0.3 is 4.74 Å². The van der Waals surface area contributed by atoms with E-state index in [0.717, 1.165) is 24.4 Å². The van der Waals surface area contributed by atoms with Crippen LogP contribution < -0.4 is 0 Å². The molecule has 0 saturated carbocycles. The number of rotatable bonds is 6. The van der Waals surface area contributed by atoms with E-state index in [1.54, 1.807) is 7.11 Å². The highest BCUT2D eigenvalue weighted by molar-refractivity contribution is 6.16. The predicted molar refractivity (Wildman–Crippen MR) is 59.7 cm³/mol. The van der Waals surface area contributed by atoms with Crippen LogP contribution in [0.25, 0.3) is 0 Å². The zero-order valence-electron chi connectivity index (χ0n) is 9.53. The van der Waals surface area contributed by atoms with Gasteiger partial charge in [-0.05, 0) is 12.3 Å². The Hall–Kier alpha value is -0.610. The third-order valence-electron chi connectivity index (χ3n) is 2.24. The molecule has 86 valence electrons. The second kappa shape index (κ2) is 6.08. The first-order chi connectivity index (χ1) is 7.19. The van der Waals surface area contributed by atoms with E-state index in [-0.39, 0.29) is 0 Å². The summed E-state index contributed by atoms with van der Waals surface area (Å²) < 4.78 is 7.01. The minimum atomic E-state index is 0.389. The quantitative estimate of drug-likeness (QED) is 0.705. The summed E-state index contributed by atoms with van der Waals surface area (Å²) in [5.74, 6) is 1.05. The number of alkyl halides is 1. The Morgan fingerprint density at radius 3 is 2.73 bits per heavy atom. The molecule has 0 radical (unpaired) electrons. The Morgan fingerprint density at radius 1 is 1.47 bits per heavy atom. The van der Waals surface area contributed by atoms with Gasteiger partial charge in [-0.1, -0.05) is 19.1 Å². The van der Waals surface area contributed by atoms with Gasteiger partial charge >= 0.3 is 0 Å². The summed E-state index contributed by atoms with van der Waals surface area (Å²) in [6, 6.07) is 0. The van der Waals surface area contributed by atoms with E-state index < -0.39 is 0 Å². The van der Waals surface area contributed by atoms with E-state index in [9.17, 15) is 0 Å². The number of methoxy groups -OCH3 is 1. The molecule has 1 heterocycles. The molecule has 1 rings (SSSR count). The lowest BCUT2D eigenvalue weighted by molar-refractivity contribution is 0.175. The van der Waals surface area contributed by atoms with Crippen molar-refractivity contribution < 1.29 is 4.74 Å². The summed E-state index contributed by atoms with van der Waals surface area (Å²) in [6.45, 7) is 5.78. The minimum absolute atomic E-state index is 0.389. The largest absolute Gasteiger partial charge is 0.378 e. The maximum atomic E-state index is 5.77. The van der Waals surface area contributed by atoms with Gasteiger partial charge in [0.15, 0.2) is 0 Å². The van der Waals surface area contributed by atoms with Crippen LogP contribution in [0.4, 0.5) is 0 Å². The highest BCUT2D eigenvalue weighted by Crippen LogP contribution is 2.11. The first kappa shape index (κ1) is 12.5. The number of ether oxygens (including phenoxy) is 1. The second-order valence-electron chi connectivity index (χ2n) is 3.96. The summed E-state index contributed by atoms with van der Waals surface area (Å²) in [6.07, 6.45) is 1.09. The second-order valence-corrected chi connectivity index (χ2v) is 4.22. The van der Waals surface area contributed by atoms with Gasteiger partial charge in [-0.2, -0.15) is 0 Å². The van der Waals surface area contributed by atoms with Gasteiger partial charge in [0.2, 0.25) is 0 Å². The van der Waals surface area contributed by atoms with Crippen molar-refractivity contribution >= 4 is 11.6 Å². The van der Waals surface area contributed by atoms with E-state index in [1.807, 2.05) is 4.68 Å². The molecule has 0 fully saturated rings. The zero-order valence-corrected chi connectivity index (χ0v) is 10.3. The monoisotopic (exact) mass is 231 g/mol. The molecular formula is C10H18ClN3O. The van der Waals surface area contributed by atoms with Crippen molar-refractivity contribution in [3.05, 3.63) is 11.4 Å². The van der Waals surface area contributed by atoms with Crippen molar-refractivity contribution in [2.45, 2.75) is 39.3 Å². The Morgan fingerprint density at radius 2 is 2.20 bits per heavy atom. The number of hydrogen-bond acceptors (Lipinski definition) is 3. The molecule has 15 heavy (non-hydrogen) atoms. The van der Waals surface area contributed by atoms with Crippen LogP contribution in [0, 0.1) is 5.92 Å². The fourth-order valence-corrected chi connectivity index (χ4v) is 1.53.